The molecule has 0 saturated heterocycles. The Bertz CT molecular complexity index is 328. The Labute approximate surface area is 111 Å². The Morgan fingerprint density at radius 1 is 1.22 bits per heavy atom. The lowest BCUT2D eigenvalue weighted by Gasteiger charge is -2.19. The molecule has 0 spiro atoms. The maximum atomic E-state index is 5.80. The van der Waals surface area contributed by atoms with Gasteiger partial charge in [-0.05, 0) is 44.3 Å². The van der Waals surface area contributed by atoms with Crippen LogP contribution in [-0.4, -0.2) is 38.2 Å². The van der Waals surface area contributed by atoms with Crippen molar-refractivity contribution in [1.82, 2.24) is 10.2 Å². The van der Waals surface area contributed by atoms with Gasteiger partial charge in [0.2, 0.25) is 0 Å². The third kappa shape index (κ3) is 5.52. The topological polar surface area (TPSA) is 24.5 Å². The zero-order chi connectivity index (χ0) is 13.2. The van der Waals surface area contributed by atoms with Crippen LogP contribution in [0.4, 0.5) is 0 Å². The summed E-state index contributed by atoms with van der Waals surface area (Å²) in [7, 11) is 1.96. The number of rotatable bonds is 9. The highest BCUT2D eigenvalue weighted by Crippen LogP contribution is 2.13. The van der Waals surface area contributed by atoms with Gasteiger partial charge in [0.25, 0.3) is 0 Å². The molecular formula is C15H26N2O. The Balaban J connectivity index is 2.36. The highest BCUT2D eigenvalue weighted by molar-refractivity contribution is 5.28. The Kier molecular flexibility index (Phi) is 7.46. The lowest BCUT2D eigenvalue weighted by atomic mass is 10.2. The third-order valence-electron chi connectivity index (χ3n) is 2.94. The molecule has 18 heavy (non-hydrogen) atoms. The summed E-state index contributed by atoms with van der Waals surface area (Å²) in [4.78, 5) is 2.41. The van der Waals surface area contributed by atoms with Crippen LogP contribution in [0.15, 0.2) is 24.3 Å². The minimum absolute atomic E-state index is 0.761. The van der Waals surface area contributed by atoms with Gasteiger partial charge in [-0.2, -0.15) is 0 Å². The van der Waals surface area contributed by atoms with Crippen LogP contribution in [0.5, 0.6) is 5.75 Å². The number of hydrogen-bond acceptors (Lipinski definition) is 3. The summed E-state index contributed by atoms with van der Waals surface area (Å²) in [6.07, 6.45) is 1.20. The Hall–Kier alpha value is -1.06. The van der Waals surface area contributed by atoms with Crippen molar-refractivity contribution in [3.05, 3.63) is 29.8 Å². The Morgan fingerprint density at radius 2 is 2.06 bits per heavy atom. The summed E-state index contributed by atoms with van der Waals surface area (Å²) >= 11 is 0. The van der Waals surface area contributed by atoms with Crippen molar-refractivity contribution in [2.75, 3.05) is 33.3 Å². The van der Waals surface area contributed by atoms with Gasteiger partial charge in [0.15, 0.2) is 0 Å². The van der Waals surface area contributed by atoms with Crippen molar-refractivity contribution in [1.29, 1.82) is 0 Å². The van der Waals surface area contributed by atoms with E-state index in [1.54, 1.807) is 0 Å². The summed E-state index contributed by atoms with van der Waals surface area (Å²) in [6.45, 7) is 9.30. The standard InChI is InChI=1S/C15H26N2O/c1-4-9-17(5-2)10-11-18-15-8-6-7-14(12-15)13-16-3/h6-8,12,16H,4-5,9-11,13H2,1-3H3. The van der Waals surface area contributed by atoms with Gasteiger partial charge in [0.1, 0.15) is 12.4 Å². The van der Waals surface area contributed by atoms with Gasteiger partial charge < -0.3 is 15.0 Å². The lowest BCUT2D eigenvalue weighted by Crippen LogP contribution is -2.29. The molecule has 0 atom stereocenters. The van der Waals surface area contributed by atoms with Crippen LogP contribution in [-0.2, 0) is 6.54 Å². The molecule has 0 aliphatic rings. The van der Waals surface area contributed by atoms with E-state index < -0.39 is 0 Å². The van der Waals surface area contributed by atoms with Crippen molar-refractivity contribution in [3.8, 4) is 5.75 Å². The molecule has 0 fully saturated rings. The molecule has 0 aromatic heterocycles. The smallest absolute Gasteiger partial charge is 0.119 e. The zero-order valence-corrected chi connectivity index (χ0v) is 11.9. The molecule has 0 saturated carbocycles. The molecule has 1 aromatic carbocycles. The van der Waals surface area contributed by atoms with Gasteiger partial charge in [-0.1, -0.05) is 26.0 Å². The fraction of sp³-hybridized carbons (Fsp3) is 0.600. The van der Waals surface area contributed by atoms with Crippen LogP contribution in [0, 0.1) is 0 Å². The molecule has 0 amide bonds. The molecule has 1 aromatic rings. The molecule has 0 aliphatic carbocycles. The normalized spacial score (nSPS) is 10.9. The second-order valence-electron chi connectivity index (χ2n) is 4.46. The minimum Gasteiger partial charge on any atom is -0.492 e. The fourth-order valence-corrected chi connectivity index (χ4v) is 1.99. The summed E-state index contributed by atoms with van der Waals surface area (Å²) in [5, 5.41) is 3.15. The molecule has 0 bridgehead atoms. The predicted octanol–water partition coefficient (Wildman–Crippen LogP) is 2.52. The van der Waals surface area contributed by atoms with E-state index in [4.69, 9.17) is 4.74 Å². The van der Waals surface area contributed by atoms with Crippen LogP contribution in [0.1, 0.15) is 25.8 Å². The first-order valence-electron chi connectivity index (χ1n) is 6.88. The van der Waals surface area contributed by atoms with Crippen molar-refractivity contribution in [3.63, 3.8) is 0 Å². The summed E-state index contributed by atoms with van der Waals surface area (Å²) < 4.78 is 5.80. The van der Waals surface area contributed by atoms with Crippen LogP contribution in [0.3, 0.4) is 0 Å². The predicted molar refractivity (Wildman–Crippen MR) is 77.1 cm³/mol. The molecule has 1 rings (SSSR count). The van der Waals surface area contributed by atoms with Crippen LogP contribution < -0.4 is 10.1 Å². The summed E-state index contributed by atoms with van der Waals surface area (Å²) in [5.74, 6) is 0.968. The summed E-state index contributed by atoms with van der Waals surface area (Å²) in [6, 6.07) is 8.28. The van der Waals surface area contributed by atoms with Gasteiger partial charge in [-0.15, -0.1) is 0 Å². The molecule has 0 aliphatic heterocycles. The van der Waals surface area contributed by atoms with Crippen molar-refractivity contribution in [2.24, 2.45) is 0 Å². The largest absolute Gasteiger partial charge is 0.492 e. The zero-order valence-electron chi connectivity index (χ0n) is 11.9. The van der Waals surface area contributed by atoms with Crippen molar-refractivity contribution < 1.29 is 4.74 Å². The monoisotopic (exact) mass is 250 g/mol. The van der Waals surface area contributed by atoms with E-state index in [-0.39, 0.29) is 0 Å². The minimum atomic E-state index is 0.761. The average Bonchev–Trinajstić information content (AvgIpc) is 2.38. The third-order valence-corrected chi connectivity index (χ3v) is 2.94. The lowest BCUT2D eigenvalue weighted by molar-refractivity contribution is 0.216. The maximum absolute atomic E-state index is 5.80. The van der Waals surface area contributed by atoms with E-state index in [9.17, 15) is 0 Å². The van der Waals surface area contributed by atoms with Gasteiger partial charge >= 0.3 is 0 Å². The maximum Gasteiger partial charge on any atom is 0.119 e. The highest BCUT2D eigenvalue weighted by atomic mass is 16.5. The van der Waals surface area contributed by atoms with Crippen LogP contribution >= 0.6 is 0 Å². The number of nitrogens with zero attached hydrogens (tertiary/aromatic N) is 1. The van der Waals surface area contributed by atoms with E-state index in [0.717, 1.165) is 38.5 Å². The SMILES string of the molecule is CCCN(CC)CCOc1cccc(CNC)c1. The van der Waals surface area contributed by atoms with Gasteiger partial charge in [-0.3, -0.25) is 0 Å². The fourth-order valence-electron chi connectivity index (χ4n) is 1.99. The average molecular weight is 250 g/mol. The van der Waals surface area contributed by atoms with E-state index in [2.05, 4.69) is 36.2 Å². The quantitative estimate of drug-likeness (QED) is 0.729. The first-order valence-corrected chi connectivity index (χ1v) is 6.88. The van der Waals surface area contributed by atoms with E-state index in [1.807, 2.05) is 19.2 Å². The van der Waals surface area contributed by atoms with E-state index in [1.165, 1.54) is 12.0 Å². The van der Waals surface area contributed by atoms with Crippen LogP contribution in [0.2, 0.25) is 0 Å². The molecule has 0 radical (unpaired) electrons. The Morgan fingerprint density at radius 3 is 2.72 bits per heavy atom. The first kappa shape index (κ1) is 15.0. The van der Waals surface area contributed by atoms with Crippen LogP contribution in [0.25, 0.3) is 0 Å². The first-order chi connectivity index (χ1) is 8.80. The van der Waals surface area contributed by atoms with Crippen molar-refractivity contribution in [2.45, 2.75) is 26.8 Å². The summed E-state index contributed by atoms with van der Waals surface area (Å²) in [5.41, 5.74) is 1.26. The second kappa shape index (κ2) is 8.95. The van der Waals surface area contributed by atoms with Gasteiger partial charge in [0.05, 0.1) is 0 Å². The van der Waals surface area contributed by atoms with E-state index in [0.29, 0.717) is 0 Å². The molecule has 0 heterocycles. The molecule has 102 valence electrons. The van der Waals surface area contributed by atoms with Gasteiger partial charge in [-0.25, -0.2) is 0 Å². The molecular weight excluding hydrogens is 224 g/mol. The van der Waals surface area contributed by atoms with E-state index >= 15 is 0 Å². The second-order valence-corrected chi connectivity index (χ2v) is 4.46. The molecule has 3 heteroatoms. The van der Waals surface area contributed by atoms with Crippen molar-refractivity contribution >= 4 is 0 Å². The number of likely N-dealkylation sites (N-methyl/N-ethyl adjacent to an activating group) is 1. The number of nitrogens with one attached hydrogen (secondary N) is 1. The molecule has 3 nitrogen and oxygen atoms in total. The number of hydrogen-bond donors (Lipinski definition) is 1. The molecule has 1 N–H and O–H groups in total. The highest BCUT2D eigenvalue weighted by Gasteiger charge is 2.01. The number of ether oxygens (including phenoxy) is 1. The molecule has 0 unspecified atom stereocenters. The van der Waals surface area contributed by atoms with Gasteiger partial charge in [0, 0.05) is 13.1 Å². The number of benzene rings is 1.